The third-order valence-electron chi connectivity index (χ3n) is 6.10. The van der Waals surface area contributed by atoms with Crippen LogP contribution in [0.2, 0.25) is 0 Å². The molecule has 2 saturated heterocycles. The van der Waals surface area contributed by atoms with Crippen molar-refractivity contribution in [2.45, 2.75) is 61.0 Å². The van der Waals surface area contributed by atoms with Crippen LogP contribution in [0.4, 0.5) is 0 Å². The smallest absolute Gasteiger partial charge is 0.244 e. The summed E-state index contributed by atoms with van der Waals surface area (Å²) in [6, 6.07) is 4.88. The second kappa shape index (κ2) is 8.53. The van der Waals surface area contributed by atoms with E-state index in [1.165, 1.54) is 32.9 Å². The molecule has 1 amide bonds. The van der Waals surface area contributed by atoms with Gasteiger partial charge in [0, 0.05) is 24.7 Å². The summed E-state index contributed by atoms with van der Waals surface area (Å²) < 4.78 is 60.9. The molecule has 11 heteroatoms. The van der Waals surface area contributed by atoms with E-state index in [1.807, 2.05) is 13.8 Å². The second-order valence-electron chi connectivity index (χ2n) is 9.19. The van der Waals surface area contributed by atoms with Gasteiger partial charge in [-0.2, -0.15) is 8.61 Å². The third kappa shape index (κ3) is 4.36. The Labute approximate surface area is 190 Å². The fourth-order valence-corrected chi connectivity index (χ4v) is 8.24. The Morgan fingerprint density at radius 2 is 1.53 bits per heavy atom. The van der Waals surface area contributed by atoms with Crippen molar-refractivity contribution in [1.82, 2.24) is 13.9 Å². The minimum Gasteiger partial charge on any atom is -0.379 e. The highest BCUT2D eigenvalue weighted by Gasteiger charge is 2.57. The lowest BCUT2D eigenvalue weighted by atomic mass is 9.94. The quantitative estimate of drug-likeness (QED) is 0.608. The van der Waals surface area contributed by atoms with Gasteiger partial charge in [-0.1, -0.05) is 6.58 Å². The number of benzene rings is 1. The van der Waals surface area contributed by atoms with E-state index >= 15 is 0 Å². The number of ether oxygens (including phenoxy) is 1. The molecule has 3 rings (SSSR count). The van der Waals surface area contributed by atoms with Crippen LogP contribution < -0.4 is 5.32 Å². The number of hydrogen-bond donors (Lipinski definition) is 1. The van der Waals surface area contributed by atoms with Gasteiger partial charge in [0.1, 0.15) is 0 Å². The molecular formula is C21H31N3O6S2. The summed E-state index contributed by atoms with van der Waals surface area (Å²) in [5, 5.41) is 2.84. The van der Waals surface area contributed by atoms with Gasteiger partial charge in [-0.3, -0.25) is 4.79 Å². The van der Waals surface area contributed by atoms with Crippen LogP contribution in [0.25, 0.3) is 0 Å². The standard InChI is InChI=1S/C21H31N3O6S2/c1-6-19(25)22-18-15-20(2,3)24(21(18,4)5)32(28,29)17-9-7-16(8-10-17)31(26,27)23-11-13-30-14-12-23/h6-10,18H,1,11-15H2,2-5H3,(H,22,25). The van der Waals surface area contributed by atoms with Crippen molar-refractivity contribution in [2.75, 3.05) is 26.3 Å². The largest absolute Gasteiger partial charge is 0.379 e. The van der Waals surface area contributed by atoms with E-state index < -0.39 is 37.2 Å². The zero-order chi connectivity index (χ0) is 23.9. The molecule has 1 atom stereocenters. The summed E-state index contributed by atoms with van der Waals surface area (Å²) in [5.41, 5.74) is -1.69. The maximum Gasteiger partial charge on any atom is 0.244 e. The van der Waals surface area contributed by atoms with E-state index in [1.54, 1.807) is 13.8 Å². The van der Waals surface area contributed by atoms with E-state index in [4.69, 9.17) is 4.74 Å². The Hall–Kier alpha value is -1.79. The molecule has 1 N–H and O–H groups in total. The predicted octanol–water partition coefficient (Wildman–Crippen LogP) is 1.33. The summed E-state index contributed by atoms with van der Waals surface area (Å²) >= 11 is 0. The van der Waals surface area contributed by atoms with E-state index in [-0.39, 0.29) is 28.8 Å². The molecule has 32 heavy (non-hydrogen) atoms. The highest BCUT2D eigenvalue weighted by molar-refractivity contribution is 7.89. The van der Waals surface area contributed by atoms with Crippen molar-refractivity contribution in [3.8, 4) is 0 Å². The van der Waals surface area contributed by atoms with Gasteiger partial charge in [0.25, 0.3) is 0 Å². The molecule has 0 aromatic heterocycles. The first-order valence-electron chi connectivity index (χ1n) is 10.4. The van der Waals surface area contributed by atoms with Gasteiger partial charge in [-0.25, -0.2) is 16.8 Å². The number of carbonyl (C=O) groups is 1. The Kier molecular flexibility index (Phi) is 6.62. The molecule has 1 aromatic rings. The zero-order valence-corrected chi connectivity index (χ0v) is 20.5. The molecule has 0 radical (unpaired) electrons. The van der Waals surface area contributed by atoms with Crippen LogP contribution in [0.1, 0.15) is 34.1 Å². The molecule has 0 bridgehead atoms. The SMILES string of the molecule is C=CC(=O)NC1CC(C)(C)N(S(=O)(=O)c2ccc(S(=O)(=O)N3CCOCC3)cc2)C1(C)C. The molecule has 1 unspecified atom stereocenters. The third-order valence-corrected chi connectivity index (χ3v) is 10.3. The fourth-order valence-electron chi connectivity index (χ4n) is 4.67. The van der Waals surface area contributed by atoms with Crippen LogP contribution in [0, 0.1) is 0 Å². The van der Waals surface area contributed by atoms with Gasteiger partial charge >= 0.3 is 0 Å². The van der Waals surface area contributed by atoms with Crippen molar-refractivity contribution in [2.24, 2.45) is 0 Å². The van der Waals surface area contributed by atoms with Crippen LogP contribution in [-0.2, 0) is 29.6 Å². The first kappa shape index (κ1) is 24.8. The average Bonchev–Trinajstić information content (AvgIpc) is 2.92. The van der Waals surface area contributed by atoms with Crippen molar-refractivity contribution in [1.29, 1.82) is 0 Å². The van der Waals surface area contributed by atoms with Crippen LogP contribution in [0.5, 0.6) is 0 Å². The van der Waals surface area contributed by atoms with Crippen molar-refractivity contribution in [3.63, 3.8) is 0 Å². The molecule has 2 aliphatic rings. The molecule has 9 nitrogen and oxygen atoms in total. The summed E-state index contributed by atoms with van der Waals surface area (Å²) in [6.45, 7) is 11.8. The number of sulfonamides is 2. The van der Waals surface area contributed by atoms with Crippen molar-refractivity contribution < 1.29 is 26.4 Å². The highest BCUT2D eigenvalue weighted by atomic mass is 32.2. The fraction of sp³-hybridized carbons (Fsp3) is 0.571. The zero-order valence-electron chi connectivity index (χ0n) is 18.9. The number of amides is 1. The lowest BCUT2D eigenvalue weighted by Gasteiger charge is -2.40. The van der Waals surface area contributed by atoms with E-state index in [9.17, 15) is 21.6 Å². The molecule has 0 aliphatic carbocycles. The Morgan fingerprint density at radius 3 is 2.03 bits per heavy atom. The highest BCUT2D eigenvalue weighted by Crippen LogP contribution is 2.44. The van der Waals surface area contributed by atoms with Crippen molar-refractivity contribution in [3.05, 3.63) is 36.9 Å². The Morgan fingerprint density at radius 1 is 1.03 bits per heavy atom. The summed E-state index contributed by atoms with van der Waals surface area (Å²) in [7, 11) is -7.71. The van der Waals surface area contributed by atoms with Crippen molar-refractivity contribution >= 4 is 26.0 Å². The minimum absolute atomic E-state index is 0.00438. The molecule has 178 valence electrons. The normalized spacial score (nSPS) is 24.2. The Balaban J connectivity index is 1.93. The first-order valence-corrected chi connectivity index (χ1v) is 13.3. The van der Waals surface area contributed by atoms with Gasteiger partial charge < -0.3 is 10.1 Å². The predicted molar refractivity (Wildman–Crippen MR) is 120 cm³/mol. The molecule has 0 spiro atoms. The monoisotopic (exact) mass is 485 g/mol. The van der Waals surface area contributed by atoms with Crippen LogP contribution in [-0.4, -0.2) is 74.8 Å². The topological polar surface area (TPSA) is 113 Å². The summed E-state index contributed by atoms with van der Waals surface area (Å²) in [6.07, 6.45) is 1.58. The number of hydrogen-bond acceptors (Lipinski definition) is 6. The number of morpholine rings is 1. The first-order chi connectivity index (χ1) is 14.7. The Bertz CT molecular complexity index is 1090. The molecule has 2 aliphatic heterocycles. The summed E-state index contributed by atoms with van der Waals surface area (Å²) in [5.74, 6) is -0.365. The van der Waals surface area contributed by atoms with Gasteiger partial charge in [-0.05, 0) is 64.5 Å². The maximum atomic E-state index is 13.6. The molecule has 2 fully saturated rings. The van der Waals surface area contributed by atoms with Crippen LogP contribution in [0.15, 0.2) is 46.7 Å². The van der Waals surface area contributed by atoms with E-state index in [0.29, 0.717) is 19.6 Å². The minimum atomic E-state index is -3.99. The average molecular weight is 486 g/mol. The lowest BCUT2D eigenvalue weighted by molar-refractivity contribution is -0.117. The summed E-state index contributed by atoms with van der Waals surface area (Å²) in [4.78, 5) is 11.9. The van der Waals surface area contributed by atoms with Gasteiger partial charge in [-0.15, -0.1) is 0 Å². The van der Waals surface area contributed by atoms with Crippen LogP contribution in [0.3, 0.4) is 0 Å². The lowest BCUT2D eigenvalue weighted by Crippen LogP contribution is -2.56. The number of nitrogens with one attached hydrogen (secondary N) is 1. The molecule has 0 saturated carbocycles. The van der Waals surface area contributed by atoms with E-state index in [2.05, 4.69) is 11.9 Å². The number of nitrogens with zero attached hydrogens (tertiary/aromatic N) is 2. The molecular weight excluding hydrogens is 454 g/mol. The number of rotatable bonds is 6. The van der Waals surface area contributed by atoms with Crippen LogP contribution >= 0.6 is 0 Å². The molecule has 2 heterocycles. The van der Waals surface area contributed by atoms with E-state index in [0.717, 1.165) is 6.08 Å². The molecule has 1 aromatic carbocycles. The van der Waals surface area contributed by atoms with Gasteiger partial charge in [0.15, 0.2) is 0 Å². The second-order valence-corrected chi connectivity index (χ2v) is 12.9. The maximum absolute atomic E-state index is 13.6. The van der Waals surface area contributed by atoms with Gasteiger partial charge in [0.2, 0.25) is 26.0 Å². The number of carbonyl (C=O) groups excluding carboxylic acids is 1. The van der Waals surface area contributed by atoms with Gasteiger partial charge in [0.05, 0.1) is 28.5 Å².